The summed E-state index contributed by atoms with van der Waals surface area (Å²) in [6.07, 6.45) is -3.14. The molecule has 0 saturated heterocycles. The molecule has 1 atom stereocenters. The summed E-state index contributed by atoms with van der Waals surface area (Å²) in [5.41, 5.74) is -0.501. The minimum atomic E-state index is -4.61. The molecule has 6 nitrogen and oxygen atoms in total. The minimum Gasteiger partial charge on any atom is -0.467 e. The Labute approximate surface area is 158 Å². The van der Waals surface area contributed by atoms with E-state index < -0.39 is 29.7 Å². The first-order valence-electron chi connectivity index (χ1n) is 8.52. The molecule has 1 aromatic carbocycles. The Morgan fingerprint density at radius 2 is 1.93 bits per heavy atom. The van der Waals surface area contributed by atoms with Gasteiger partial charge in [0, 0.05) is 7.05 Å². The number of carbonyl (C=O) groups excluding carboxylic acids is 2. The maximum atomic E-state index is 13.5. The van der Waals surface area contributed by atoms with Gasteiger partial charge in [-0.05, 0) is 23.8 Å². The number of alkyl halides is 3. The van der Waals surface area contributed by atoms with Gasteiger partial charge in [-0.2, -0.15) is 13.2 Å². The summed E-state index contributed by atoms with van der Waals surface area (Å²) in [6, 6.07) is 6.61. The van der Waals surface area contributed by atoms with Crippen LogP contribution in [0.5, 0.6) is 0 Å². The first kappa shape index (κ1) is 18.1. The molecule has 0 saturated carbocycles. The van der Waals surface area contributed by atoms with Crippen LogP contribution in [-0.4, -0.2) is 35.3 Å². The number of hydrogen-bond acceptors (Lipinski definition) is 3. The number of rotatable bonds is 3. The van der Waals surface area contributed by atoms with E-state index in [1.54, 1.807) is 12.1 Å². The van der Waals surface area contributed by atoms with Crippen molar-refractivity contribution in [2.24, 2.45) is 0 Å². The largest absolute Gasteiger partial charge is 0.467 e. The van der Waals surface area contributed by atoms with Gasteiger partial charge in [-0.1, -0.05) is 18.2 Å². The van der Waals surface area contributed by atoms with Crippen molar-refractivity contribution in [1.29, 1.82) is 0 Å². The van der Waals surface area contributed by atoms with Crippen LogP contribution in [-0.2, 0) is 17.5 Å². The molecule has 146 valence electrons. The average molecular weight is 391 g/mol. The van der Waals surface area contributed by atoms with Gasteiger partial charge < -0.3 is 14.6 Å². The molecular weight excluding hydrogens is 375 g/mol. The molecule has 4 rings (SSSR count). The zero-order chi connectivity index (χ0) is 20.1. The molecule has 0 radical (unpaired) electrons. The summed E-state index contributed by atoms with van der Waals surface area (Å²) in [6.45, 7) is 0.276. The molecule has 0 fully saturated rings. The normalized spacial score (nSPS) is 19.9. The summed E-state index contributed by atoms with van der Waals surface area (Å²) >= 11 is 0. The highest BCUT2D eigenvalue weighted by Crippen LogP contribution is 2.41. The van der Waals surface area contributed by atoms with Crippen molar-refractivity contribution >= 4 is 11.9 Å². The second-order valence-corrected chi connectivity index (χ2v) is 6.63. The van der Waals surface area contributed by atoms with Crippen molar-refractivity contribution in [3.8, 4) is 0 Å². The van der Waals surface area contributed by atoms with E-state index in [9.17, 15) is 22.8 Å². The van der Waals surface area contributed by atoms with E-state index >= 15 is 0 Å². The fourth-order valence-corrected chi connectivity index (χ4v) is 3.58. The van der Waals surface area contributed by atoms with Gasteiger partial charge in [0.2, 0.25) is 0 Å². The third-order valence-electron chi connectivity index (χ3n) is 4.94. The molecule has 1 N–H and O–H groups in total. The Morgan fingerprint density at radius 1 is 1.18 bits per heavy atom. The molecule has 2 aliphatic rings. The molecule has 2 aromatic rings. The number of hydrogen-bond donors (Lipinski definition) is 1. The predicted octanol–water partition coefficient (Wildman–Crippen LogP) is 3.29. The lowest BCUT2D eigenvalue weighted by Crippen LogP contribution is -2.45. The molecule has 9 heteroatoms. The number of amides is 3. The lowest BCUT2D eigenvalue weighted by molar-refractivity contribution is -0.138. The van der Waals surface area contributed by atoms with E-state index in [1.165, 1.54) is 41.3 Å². The van der Waals surface area contributed by atoms with Gasteiger partial charge in [0.1, 0.15) is 5.76 Å². The van der Waals surface area contributed by atoms with Crippen molar-refractivity contribution in [3.63, 3.8) is 0 Å². The van der Waals surface area contributed by atoms with Crippen LogP contribution in [0.3, 0.4) is 0 Å². The van der Waals surface area contributed by atoms with Crippen molar-refractivity contribution < 1.29 is 27.2 Å². The number of likely N-dealkylation sites (N-methyl/N-ethyl adjacent to an activating group) is 1. The second-order valence-electron chi connectivity index (χ2n) is 6.63. The monoisotopic (exact) mass is 391 g/mol. The number of benzene rings is 1. The number of halogens is 3. The Morgan fingerprint density at radius 3 is 2.61 bits per heavy atom. The first-order chi connectivity index (χ1) is 13.3. The fraction of sp³-hybridized carbons (Fsp3) is 0.263. The van der Waals surface area contributed by atoms with Gasteiger partial charge in [0.15, 0.2) is 0 Å². The number of furan rings is 1. The van der Waals surface area contributed by atoms with Gasteiger partial charge in [0.05, 0.1) is 42.2 Å². The predicted molar refractivity (Wildman–Crippen MR) is 91.6 cm³/mol. The van der Waals surface area contributed by atoms with Crippen LogP contribution < -0.4 is 5.32 Å². The number of nitrogens with zero attached hydrogens (tertiary/aromatic N) is 2. The van der Waals surface area contributed by atoms with E-state index in [0.717, 1.165) is 6.07 Å². The highest BCUT2D eigenvalue weighted by Gasteiger charge is 2.45. The van der Waals surface area contributed by atoms with E-state index in [4.69, 9.17) is 4.42 Å². The quantitative estimate of drug-likeness (QED) is 0.873. The van der Waals surface area contributed by atoms with E-state index in [0.29, 0.717) is 11.5 Å². The van der Waals surface area contributed by atoms with Gasteiger partial charge >= 0.3 is 12.2 Å². The van der Waals surface area contributed by atoms with Gasteiger partial charge in [-0.3, -0.25) is 9.69 Å². The van der Waals surface area contributed by atoms with E-state index in [1.807, 2.05) is 0 Å². The van der Waals surface area contributed by atoms with Crippen LogP contribution in [0.15, 0.2) is 58.3 Å². The Balaban J connectivity index is 1.76. The molecule has 2 aliphatic heterocycles. The standard InChI is InChI=1S/C19H16F3N3O3/c1-24-14-10-25(9-11-5-4-8-28-11)17(26)15(14)16(23-18(24)27)12-6-2-3-7-13(12)19(20,21)22/h2-8,16H,9-10H2,1H3,(H,23,27). The van der Waals surface area contributed by atoms with Crippen molar-refractivity contribution in [1.82, 2.24) is 15.1 Å². The van der Waals surface area contributed by atoms with Crippen molar-refractivity contribution in [3.05, 3.63) is 70.8 Å². The molecule has 3 heterocycles. The van der Waals surface area contributed by atoms with Crippen molar-refractivity contribution in [2.45, 2.75) is 18.8 Å². The van der Waals surface area contributed by atoms with Gasteiger partial charge in [-0.15, -0.1) is 0 Å². The molecule has 28 heavy (non-hydrogen) atoms. The lowest BCUT2D eigenvalue weighted by atomic mass is 9.92. The second kappa shape index (κ2) is 6.43. The number of nitrogens with one attached hydrogen (secondary N) is 1. The summed E-state index contributed by atoms with van der Waals surface area (Å²) in [7, 11) is 1.49. The highest BCUT2D eigenvalue weighted by atomic mass is 19.4. The van der Waals surface area contributed by atoms with Crippen LogP contribution >= 0.6 is 0 Å². The third-order valence-corrected chi connectivity index (χ3v) is 4.94. The maximum absolute atomic E-state index is 13.5. The van der Waals surface area contributed by atoms with Crippen molar-refractivity contribution in [2.75, 3.05) is 13.6 Å². The smallest absolute Gasteiger partial charge is 0.416 e. The molecular formula is C19H16F3N3O3. The Kier molecular flexibility index (Phi) is 4.17. The first-order valence-corrected chi connectivity index (χ1v) is 8.52. The summed E-state index contributed by atoms with van der Waals surface area (Å²) in [5, 5.41) is 2.53. The summed E-state index contributed by atoms with van der Waals surface area (Å²) in [4.78, 5) is 28.1. The topological polar surface area (TPSA) is 65.8 Å². The number of urea groups is 1. The number of carbonyl (C=O) groups is 2. The molecule has 0 aliphatic carbocycles. The zero-order valence-electron chi connectivity index (χ0n) is 14.8. The minimum absolute atomic E-state index is 0.115. The van der Waals surface area contributed by atoms with Crippen LogP contribution in [0.1, 0.15) is 22.9 Å². The molecule has 3 amide bonds. The van der Waals surface area contributed by atoms with Gasteiger partial charge in [0.25, 0.3) is 5.91 Å². The summed E-state index contributed by atoms with van der Waals surface area (Å²) in [5.74, 6) is 0.114. The van der Waals surface area contributed by atoms with E-state index in [-0.39, 0.29) is 24.2 Å². The molecule has 0 spiro atoms. The molecule has 1 unspecified atom stereocenters. The SMILES string of the molecule is CN1C(=O)NC(c2ccccc2C(F)(F)F)C2=C1CN(Cc1ccco1)C2=O. The maximum Gasteiger partial charge on any atom is 0.416 e. The highest BCUT2D eigenvalue weighted by molar-refractivity contribution is 6.01. The fourth-order valence-electron chi connectivity index (χ4n) is 3.58. The van der Waals surface area contributed by atoms with Gasteiger partial charge in [-0.25, -0.2) is 4.79 Å². The third kappa shape index (κ3) is 2.92. The lowest BCUT2D eigenvalue weighted by Gasteiger charge is -2.32. The molecule has 0 bridgehead atoms. The Bertz CT molecular complexity index is 966. The van der Waals surface area contributed by atoms with Crippen LogP contribution in [0, 0.1) is 0 Å². The average Bonchev–Trinajstić information content (AvgIpc) is 3.27. The van der Waals surface area contributed by atoms with Crippen LogP contribution in [0.4, 0.5) is 18.0 Å². The van der Waals surface area contributed by atoms with E-state index in [2.05, 4.69) is 5.32 Å². The molecule has 1 aromatic heterocycles. The Hall–Kier alpha value is -3.23. The van der Waals surface area contributed by atoms with Crippen LogP contribution in [0.2, 0.25) is 0 Å². The zero-order valence-corrected chi connectivity index (χ0v) is 14.8. The summed E-state index contributed by atoms with van der Waals surface area (Å²) < 4.78 is 45.8. The van der Waals surface area contributed by atoms with Crippen LogP contribution in [0.25, 0.3) is 0 Å².